The molecule has 0 saturated carbocycles. The molecule has 0 spiro atoms. The highest BCUT2D eigenvalue weighted by molar-refractivity contribution is 9.10. The summed E-state index contributed by atoms with van der Waals surface area (Å²) in [5, 5.41) is 3.00. The molecule has 1 heterocycles. The minimum Gasteiger partial charge on any atom is -0.380 e. The van der Waals surface area contributed by atoms with Crippen LogP contribution in [0.25, 0.3) is 0 Å². The summed E-state index contributed by atoms with van der Waals surface area (Å²) in [6, 6.07) is 8.36. The first-order valence-electron chi connectivity index (χ1n) is 7.62. The fourth-order valence-electron chi connectivity index (χ4n) is 2.69. The van der Waals surface area contributed by atoms with Crippen LogP contribution in [0.4, 0.5) is 5.69 Å². The van der Waals surface area contributed by atoms with Gasteiger partial charge in [-0.3, -0.25) is 4.79 Å². The van der Waals surface area contributed by atoms with Crippen molar-refractivity contribution in [2.24, 2.45) is 11.7 Å². The van der Waals surface area contributed by atoms with Gasteiger partial charge in [-0.05, 0) is 36.6 Å². The largest absolute Gasteiger partial charge is 0.380 e. The molecule has 2 unspecified atom stereocenters. The van der Waals surface area contributed by atoms with E-state index in [4.69, 9.17) is 10.5 Å². The van der Waals surface area contributed by atoms with E-state index < -0.39 is 0 Å². The zero-order valence-corrected chi connectivity index (χ0v) is 14.5. The number of hydrogen-bond donors (Lipinski definition) is 2. The predicted molar refractivity (Wildman–Crippen MR) is 91.9 cm³/mol. The smallest absolute Gasteiger partial charge is 0.222 e. The maximum absolute atomic E-state index is 11.9. The highest BCUT2D eigenvalue weighted by Crippen LogP contribution is 2.24. The van der Waals surface area contributed by atoms with E-state index in [0.29, 0.717) is 25.4 Å². The van der Waals surface area contributed by atoms with Crippen LogP contribution in [-0.2, 0) is 9.53 Å². The number of carbonyl (C=O) groups excluding carboxylic acids is 1. The van der Waals surface area contributed by atoms with Crippen LogP contribution in [0.2, 0.25) is 0 Å². The van der Waals surface area contributed by atoms with Gasteiger partial charge in [0.25, 0.3) is 0 Å². The highest BCUT2D eigenvalue weighted by atomic mass is 79.9. The van der Waals surface area contributed by atoms with Gasteiger partial charge < -0.3 is 20.7 Å². The molecule has 1 aliphatic rings. The highest BCUT2D eigenvalue weighted by Gasteiger charge is 2.23. The number of amides is 1. The normalized spacial score (nSPS) is 19.2. The van der Waals surface area contributed by atoms with E-state index in [0.717, 1.165) is 24.0 Å². The summed E-state index contributed by atoms with van der Waals surface area (Å²) in [6.07, 6.45) is 1.24. The Morgan fingerprint density at radius 2 is 2.23 bits per heavy atom. The molecule has 1 aromatic rings. The summed E-state index contributed by atoms with van der Waals surface area (Å²) in [5.41, 5.74) is 6.76. The second-order valence-electron chi connectivity index (χ2n) is 5.68. The summed E-state index contributed by atoms with van der Waals surface area (Å²) in [4.78, 5) is 14.2. The Balaban J connectivity index is 1.74. The molecule has 0 bridgehead atoms. The van der Waals surface area contributed by atoms with Gasteiger partial charge >= 0.3 is 0 Å². The first-order valence-corrected chi connectivity index (χ1v) is 8.41. The van der Waals surface area contributed by atoms with Gasteiger partial charge in [0.1, 0.15) is 0 Å². The number of ether oxygens (including phenoxy) is 1. The van der Waals surface area contributed by atoms with Gasteiger partial charge in [-0.2, -0.15) is 0 Å². The number of nitrogens with two attached hydrogens (primary N) is 1. The first kappa shape index (κ1) is 17.2. The van der Waals surface area contributed by atoms with Crippen LogP contribution in [0.15, 0.2) is 28.7 Å². The lowest BCUT2D eigenvalue weighted by atomic mass is 10.1. The summed E-state index contributed by atoms with van der Waals surface area (Å²) in [5.74, 6) is 0.505. The van der Waals surface area contributed by atoms with Crippen molar-refractivity contribution < 1.29 is 9.53 Å². The molecular weight excluding hydrogens is 346 g/mol. The van der Waals surface area contributed by atoms with E-state index in [1.165, 1.54) is 5.69 Å². The number of nitrogens with zero attached hydrogens (tertiary/aromatic N) is 1. The van der Waals surface area contributed by atoms with Gasteiger partial charge in [0.05, 0.1) is 12.5 Å². The number of hydrogen-bond acceptors (Lipinski definition) is 4. The molecule has 5 nitrogen and oxygen atoms in total. The molecule has 1 saturated heterocycles. The molecule has 2 rings (SSSR count). The number of halogens is 1. The van der Waals surface area contributed by atoms with Crippen LogP contribution >= 0.6 is 15.9 Å². The van der Waals surface area contributed by atoms with E-state index in [-0.39, 0.29) is 12.0 Å². The Morgan fingerprint density at radius 3 is 2.86 bits per heavy atom. The van der Waals surface area contributed by atoms with E-state index in [2.05, 4.69) is 50.4 Å². The van der Waals surface area contributed by atoms with Gasteiger partial charge in [0.15, 0.2) is 0 Å². The van der Waals surface area contributed by atoms with E-state index in [9.17, 15) is 4.79 Å². The van der Waals surface area contributed by atoms with Gasteiger partial charge in [-0.25, -0.2) is 0 Å². The van der Waals surface area contributed by atoms with Gasteiger partial charge in [0, 0.05) is 43.4 Å². The van der Waals surface area contributed by atoms with Crippen molar-refractivity contribution in [3.05, 3.63) is 28.7 Å². The average Bonchev–Trinajstić information content (AvgIpc) is 3.00. The molecule has 1 amide bonds. The standard InChI is InChI=1S/C16H24BrN3O2/c1-22-15(9-18)8-16(21)19-10-12-6-7-20(11-12)14-4-2-13(17)3-5-14/h2-5,12,15H,6-11,18H2,1H3,(H,19,21). The minimum atomic E-state index is -0.192. The zero-order chi connectivity index (χ0) is 15.9. The Bertz CT molecular complexity index is 477. The number of benzene rings is 1. The lowest BCUT2D eigenvalue weighted by Crippen LogP contribution is -2.35. The van der Waals surface area contributed by atoms with Crippen molar-refractivity contribution >= 4 is 27.5 Å². The van der Waals surface area contributed by atoms with Gasteiger partial charge in [0.2, 0.25) is 5.91 Å². The molecule has 0 radical (unpaired) electrons. The minimum absolute atomic E-state index is 0.0133. The Morgan fingerprint density at radius 1 is 1.50 bits per heavy atom. The van der Waals surface area contributed by atoms with E-state index in [1.807, 2.05) is 0 Å². The lowest BCUT2D eigenvalue weighted by Gasteiger charge is -2.19. The average molecular weight is 370 g/mol. The molecule has 1 aliphatic heterocycles. The third-order valence-electron chi connectivity index (χ3n) is 4.07. The monoisotopic (exact) mass is 369 g/mol. The maximum atomic E-state index is 11.9. The number of methoxy groups -OCH3 is 1. The van der Waals surface area contributed by atoms with Crippen molar-refractivity contribution in [2.45, 2.75) is 18.9 Å². The predicted octanol–water partition coefficient (Wildman–Crippen LogP) is 1.76. The van der Waals surface area contributed by atoms with Crippen molar-refractivity contribution in [1.82, 2.24) is 5.32 Å². The van der Waals surface area contributed by atoms with Crippen LogP contribution in [0.5, 0.6) is 0 Å². The Labute approximate surface area is 140 Å². The second-order valence-corrected chi connectivity index (χ2v) is 6.59. The Kier molecular flexibility index (Phi) is 6.67. The van der Waals surface area contributed by atoms with Crippen LogP contribution in [0.3, 0.4) is 0 Å². The number of anilines is 1. The molecule has 2 atom stereocenters. The van der Waals surface area contributed by atoms with Crippen LogP contribution in [0, 0.1) is 5.92 Å². The molecule has 3 N–H and O–H groups in total. The summed E-state index contributed by atoms with van der Waals surface area (Å²) >= 11 is 3.45. The molecule has 1 aromatic carbocycles. The topological polar surface area (TPSA) is 67.6 Å². The fourth-order valence-corrected chi connectivity index (χ4v) is 2.95. The Hall–Kier alpha value is -1.11. The third kappa shape index (κ3) is 4.97. The fraction of sp³-hybridized carbons (Fsp3) is 0.562. The number of carbonyl (C=O) groups is 1. The van der Waals surface area contributed by atoms with Crippen LogP contribution in [-0.4, -0.2) is 45.3 Å². The molecule has 6 heteroatoms. The van der Waals surface area contributed by atoms with Crippen LogP contribution in [0.1, 0.15) is 12.8 Å². The SMILES string of the molecule is COC(CN)CC(=O)NCC1CCN(c2ccc(Br)cc2)C1. The van der Waals surface area contributed by atoms with Gasteiger partial charge in [-0.1, -0.05) is 15.9 Å². The molecule has 1 fully saturated rings. The molecular formula is C16H24BrN3O2. The van der Waals surface area contributed by atoms with Crippen molar-refractivity contribution in [3.8, 4) is 0 Å². The first-order chi connectivity index (χ1) is 10.6. The van der Waals surface area contributed by atoms with Crippen molar-refractivity contribution in [3.63, 3.8) is 0 Å². The molecule has 22 heavy (non-hydrogen) atoms. The molecule has 0 aromatic heterocycles. The summed E-state index contributed by atoms with van der Waals surface area (Å²) < 4.78 is 6.22. The zero-order valence-electron chi connectivity index (χ0n) is 12.9. The van der Waals surface area contributed by atoms with E-state index >= 15 is 0 Å². The second kappa shape index (κ2) is 8.50. The third-order valence-corrected chi connectivity index (χ3v) is 4.60. The van der Waals surface area contributed by atoms with E-state index in [1.54, 1.807) is 7.11 Å². The maximum Gasteiger partial charge on any atom is 0.222 e. The van der Waals surface area contributed by atoms with Crippen molar-refractivity contribution in [2.75, 3.05) is 38.2 Å². The summed E-state index contributed by atoms with van der Waals surface area (Å²) in [7, 11) is 1.58. The quantitative estimate of drug-likeness (QED) is 0.768. The van der Waals surface area contributed by atoms with Crippen LogP contribution < -0.4 is 16.0 Å². The van der Waals surface area contributed by atoms with Gasteiger partial charge in [-0.15, -0.1) is 0 Å². The van der Waals surface area contributed by atoms with Crippen molar-refractivity contribution in [1.29, 1.82) is 0 Å². The number of rotatable bonds is 7. The number of nitrogens with one attached hydrogen (secondary N) is 1. The molecule has 0 aliphatic carbocycles. The molecule has 122 valence electrons. The lowest BCUT2D eigenvalue weighted by molar-refractivity contribution is -0.123. The summed E-state index contributed by atoms with van der Waals surface area (Å²) in [6.45, 7) is 3.09.